The Morgan fingerprint density at radius 1 is 1.07 bits per heavy atom. The molecular weight excluding hydrogens is 378 g/mol. The van der Waals surface area contributed by atoms with Gasteiger partial charge in [-0.1, -0.05) is 26.0 Å². The summed E-state index contributed by atoms with van der Waals surface area (Å²) < 4.78 is 28.0. The lowest BCUT2D eigenvalue weighted by molar-refractivity contribution is -0.116. The molecule has 2 heterocycles. The van der Waals surface area contributed by atoms with Crippen LogP contribution in [-0.4, -0.2) is 46.3 Å². The van der Waals surface area contributed by atoms with E-state index in [2.05, 4.69) is 15.4 Å². The molecule has 0 radical (unpaired) electrons. The molecule has 1 N–H and O–H groups in total. The summed E-state index contributed by atoms with van der Waals surface area (Å²) in [6.07, 6.45) is 4.01. The lowest BCUT2D eigenvalue weighted by Crippen LogP contribution is -2.30. The number of aryl methyl sites for hydroxylation is 1. The molecule has 0 atom stereocenters. The summed E-state index contributed by atoms with van der Waals surface area (Å²) in [7, 11) is -3.47. The Hall–Kier alpha value is -2.78. The SMILES string of the molecule is CCN(CC)S(=O)(=O)c1ccc(CCC(=O)Nc2ccnc3ccnn23)cc1. The summed E-state index contributed by atoms with van der Waals surface area (Å²) in [5, 5.41) is 6.96. The molecule has 0 unspecified atom stereocenters. The van der Waals surface area contributed by atoms with Gasteiger partial charge in [-0.2, -0.15) is 13.9 Å². The van der Waals surface area contributed by atoms with Gasteiger partial charge in [0.25, 0.3) is 0 Å². The van der Waals surface area contributed by atoms with E-state index in [1.165, 1.54) is 4.31 Å². The van der Waals surface area contributed by atoms with E-state index in [0.29, 0.717) is 31.0 Å². The number of fused-ring (bicyclic) bond motifs is 1. The van der Waals surface area contributed by atoms with E-state index in [-0.39, 0.29) is 17.2 Å². The van der Waals surface area contributed by atoms with Crippen LogP contribution in [0.15, 0.2) is 53.7 Å². The number of nitrogens with zero attached hydrogens (tertiary/aromatic N) is 4. The van der Waals surface area contributed by atoms with Crippen LogP contribution in [0.25, 0.3) is 5.65 Å². The molecule has 1 aromatic carbocycles. The zero-order valence-electron chi connectivity index (χ0n) is 15.9. The van der Waals surface area contributed by atoms with Crippen molar-refractivity contribution in [3.05, 3.63) is 54.4 Å². The fourth-order valence-electron chi connectivity index (χ4n) is 2.93. The van der Waals surface area contributed by atoms with E-state index >= 15 is 0 Å². The highest BCUT2D eigenvalue weighted by molar-refractivity contribution is 7.89. The molecule has 0 bridgehead atoms. The molecule has 9 heteroatoms. The molecule has 0 fully saturated rings. The number of hydrogen-bond acceptors (Lipinski definition) is 5. The highest BCUT2D eigenvalue weighted by atomic mass is 32.2. The Labute approximate surface area is 164 Å². The topological polar surface area (TPSA) is 96.7 Å². The van der Waals surface area contributed by atoms with E-state index in [9.17, 15) is 13.2 Å². The fraction of sp³-hybridized carbons (Fsp3) is 0.316. The number of benzene rings is 1. The van der Waals surface area contributed by atoms with Gasteiger partial charge in [0.05, 0.1) is 11.1 Å². The van der Waals surface area contributed by atoms with Crippen LogP contribution in [-0.2, 0) is 21.2 Å². The van der Waals surface area contributed by atoms with Gasteiger partial charge in [-0.25, -0.2) is 13.4 Å². The predicted octanol–water partition coefficient (Wildman–Crippen LogP) is 2.33. The molecule has 0 aliphatic rings. The maximum absolute atomic E-state index is 12.5. The van der Waals surface area contributed by atoms with Gasteiger partial charge in [-0.3, -0.25) is 4.79 Å². The normalized spacial score (nSPS) is 11.8. The molecule has 28 heavy (non-hydrogen) atoms. The molecule has 0 spiro atoms. The quantitative estimate of drug-likeness (QED) is 0.625. The summed E-state index contributed by atoms with van der Waals surface area (Å²) in [5.41, 5.74) is 1.55. The first-order chi connectivity index (χ1) is 13.5. The van der Waals surface area contributed by atoms with Crippen molar-refractivity contribution in [3.63, 3.8) is 0 Å². The van der Waals surface area contributed by atoms with Crippen LogP contribution in [0.4, 0.5) is 5.82 Å². The molecule has 0 saturated heterocycles. The van der Waals surface area contributed by atoms with Crippen LogP contribution >= 0.6 is 0 Å². The largest absolute Gasteiger partial charge is 0.311 e. The summed E-state index contributed by atoms with van der Waals surface area (Å²) >= 11 is 0. The number of hydrogen-bond donors (Lipinski definition) is 1. The monoisotopic (exact) mass is 401 g/mol. The van der Waals surface area contributed by atoms with E-state index in [1.54, 1.807) is 53.3 Å². The highest BCUT2D eigenvalue weighted by Gasteiger charge is 2.21. The van der Waals surface area contributed by atoms with E-state index in [1.807, 2.05) is 13.8 Å². The van der Waals surface area contributed by atoms with Gasteiger partial charge in [-0.05, 0) is 30.2 Å². The summed E-state index contributed by atoms with van der Waals surface area (Å²) in [5.74, 6) is 0.406. The predicted molar refractivity (Wildman–Crippen MR) is 106 cm³/mol. The van der Waals surface area contributed by atoms with E-state index in [4.69, 9.17) is 0 Å². The minimum Gasteiger partial charge on any atom is -0.311 e. The van der Waals surface area contributed by atoms with Gasteiger partial charge in [0.15, 0.2) is 5.65 Å². The van der Waals surface area contributed by atoms with Crippen molar-refractivity contribution in [2.75, 3.05) is 18.4 Å². The number of sulfonamides is 1. The van der Waals surface area contributed by atoms with Gasteiger partial charge in [0, 0.05) is 31.8 Å². The zero-order valence-corrected chi connectivity index (χ0v) is 16.7. The third kappa shape index (κ3) is 4.20. The average Bonchev–Trinajstić information content (AvgIpc) is 3.17. The Morgan fingerprint density at radius 2 is 1.79 bits per heavy atom. The maximum atomic E-state index is 12.5. The molecule has 3 aromatic rings. The second-order valence-electron chi connectivity index (χ2n) is 6.21. The van der Waals surface area contributed by atoms with Crippen LogP contribution in [0, 0.1) is 0 Å². The minimum atomic E-state index is -3.47. The first kappa shape index (κ1) is 20.0. The lowest BCUT2D eigenvalue weighted by atomic mass is 10.1. The van der Waals surface area contributed by atoms with Crippen molar-refractivity contribution in [2.45, 2.75) is 31.6 Å². The van der Waals surface area contributed by atoms with Gasteiger partial charge < -0.3 is 5.32 Å². The first-order valence-corrected chi connectivity index (χ1v) is 10.6. The van der Waals surface area contributed by atoms with Gasteiger partial charge in [0.2, 0.25) is 15.9 Å². The van der Waals surface area contributed by atoms with Gasteiger partial charge in [-0.15, -0.1) is 0 Å². The smallest absolute Gasteiger partial charge is 0.243 e. The Kier molecular flexibility index (Phi) is 6.05. The van der Waals surface area contributed by atoms with Crippen LogP contribution in [0.2, 0.25) is 0 Å². The third-order valence-corrected chi connectivity index (χ3v) is 6.53. The van der Waals surface area contributed by atoms with Crippen molar-refractivity contribution >= 4 is 27.4 Å². The van der Waals surface area contributed by atoms with Crippen molar-refractivity contribution < 1.29 is 13.2 Å². The highest BCUT2D eigenvalue weighted by Crippen LogP contribution is 2.17. The standard InChI is InChI=1S/C19H23N5O3S/c1-3-23(4-2)28(26,27)16-8-5-15(6-9-16)7-10-19(25)22-18-11-13-20-17-12-14-21-24(17)18/h5-6,8-9,11-14H,3-4,7,10H2,1-2H3,(H,22,25). The summed E-state index contributed by atoms with van der Waals surface area (Å²) in [4.78, 5) is 16.7. The van der Waals surface area contributed by atoms with Gasteiger partial charge in [0.1, 0.15) is 5.82 Å². The van der Waals surface area contributed by atoms with E-state index in [0.717, 1.165) is 5.56 Å². The number of amides is 1. The fourth-order valence-corrected chi connectivity index (χ4v) is 4.39. The first-order valence-electron chi connectivity index (χ1n) is 9.13. The average molecular weight is 401 g/mol. The molecule has 148 valence electrons. The molecular formula is C19H23N5O3S. The van der Waals surface area contributed by atoms with E-state index < -0.39 is 10.0 Å². The number of nitrogens with one attached hydrogen (secondary N) is 1. The molecule has 0 aliphatic carbocycles. The maximum Gasteiger partial charge on any atom is 0.243 e. The molecule has 3 rings (SSSR count). The number of anilines is 1. The second-order valence-corrected chi connectivity index (χ2v) is 8.15. The number of carbonyl (C=O) groups is 1. The number of carbonyl (C=O) groups excluding carboxylic acids is 1. The summed E-state index contributed by atoms with van der Waals surface area (Å²) in [6, 6.07) is 10.1. The Bertz CT molecular complexity index is 1060. The van der Waals surface area contributed by atoms with Crippen LogP contribution in [0.1, 0.15) is 25.8 Å². The number of aromatic nitrogens is 3. The molecule has 1 amide bonds. The molecule has 0 saturated carbocycles. The molecule has 2 aromatic heterocycles. The second kappa shape index (κ2) is 8.49. The Balaban J connectivity index is 1.62. The zero-order chi connectivity index (χ0) is 20.1. The third-order valence-electron chi connectivity index (χ3n) is 4.46. The Morgan fingerprint density at radius 3 is 2.46 bits per heavy atom. The number of rotatable bonds is 8. The van der Waals surface area contributed by atoms with Crippen molar-refractivity contribution in [2.24, 2.45) is 0 Å². The van der Waals surface area contributed by atoms with Crippen LogP contribution in [0.3, 0.4) is 0 Å². The molecule has 8 nitrogen and oxygen atoms in total. The van der Waals surface area contributed by atoms with Crippen LogP contribution < -0.4 is 5.32 Å². The van der Waals surface area contributed by atoms with Crippen molar-refractivity contribution in [3.8, 4) is 0 Å². The molecule has 0 aliphatic heterocycles. The lowest BCUT2D eigenvalue weighted by Gasteiger charge is -2.18. The van der Waals surface area contributed by atoms with Crippen molar-refractivity contribution in [1.29, 1.82) is 0 Å². The van der Waals surface area contributed by atoms with Crippen LogP contribution in [0.5, 0.6) is 0 Å². The van der Waals surface area contributed by atoms with Gasteiger partial charge >= 0.3 is 0 Å². The minimum absolute atomic E-state index is 0.150. The summed E-state index contributed by atoms with van der Waals surface area (Å²) in [6.45, 7) is 4.49. The van der Waals surface area contributed by atoms with Crippen molar-refractivity contribution in [1.82, 2.24) is 18.9 Å².